The Hall–Kier alpha value is -0.380. The number of rotatable bonds is 1. The molecule has 0 radical (unpaired) electrons. The van der Waals surface area contributed by atoms with Crippen LogP contribution in [0.3, 0.4) is 0 Å². The predicted molar refractivity (Wildman–Crippen MR) is 40.5 cm³/mol. The molecule has 3 N–H and O–H groups in total. The van der Waals surface area contributed by atoms with E-state index in [4.69, 9.17) is 10.8 Å². The van der Waals surface area contributed by atoms with Gasteiger partial charge in [0.25, 0.3) is 0 Å². The predicted octanol–water partition coefficient (Wildman–Crippen LogP) is 0.685. The molecule has 0 bridgehead atoms. The summed E-state index contributed by atoms with van der Waals surface area (Å²) in [4.78, 5) is 0. The molecule has 0 saturated heterocycles. The fourth-order valence-electron chi connectivity index (χ4n) is 0.227. The molecule has 0 aromatic carbocycles. The third-order valence-electron chi connectivity index (χ3n) is 0.554. The van der Waals surface area contributed by atoms with E-state index >= 15 is 0 Å². The van der Waals surface area contributed by atoms with Crippen molar-refractivity contribution >= 4 is 11.3 Å². The van der Waals surface area contributed by atoms with Gasteiger partial charge in [0.05, 0.1) is 6.61 Å². The van der Waals surface area contributed by atoms with Gasteiger partial charge in [-0.15, -0.1) is 0 Å². The summed E-state index contributed by atoms with van der Waals surface area (Å²) >= 11 is 1.71. The highest BCUT2D eigenvalue weighted by Gasteiger charge is 1.58. The van der Waals surface area contributed by atoms with E-state index in [1.54, 1.807) is 11.3 Å². The standard InChI is InChI=1S/C4H4S.C2H7NO/c1-2-4-5-3-1;3-1-2-4/h1-4H;4H,1-3H2. The second-order valence-electron chi connectivity index (χ2n) is 1.31. The summed E-state index contributed by atoms with van der Waals surface area (Å²) in [6.07, 6.45) is 0. The Labute approximate surface area is 58.9 Å². The third-order valence-corrected chi connectivity index (χ3v) is 1.18. The van der Waals surface area contributed by atoms with Gasteiger partial charge in [-0.05, 0) is 10.8 Å². The van der Waals surface area contributed by atoms with Crippen molar-refractivity contribution in [2.45, 2.75) is 0 Å². The fraction of sp³-hybridized carbons (Fsp3) is 0.333. The van der Waals surface area contributed by atoms with Crippen molar-refractivity contribution in [3.8, 4) is 0 Å². The van der Waals surface area contributed by atoms with Crippen LogP contribution in [-0.2, 0) is 0 Å². The first kappa shape index (κ1) is 8.62. The number of aliphatic hydroxyl groups excluding tert-OH is 1. The van der Waals surface area contributed by atoms with Gasteiger partial charge >= 0.3 is 0 Å². The summed E-state index contributed by atoms with van der Waals surface area (Å²) in [6, 6.07) is 4.04. The molecule has 0 spiro atoms. The van der Waals surface area contributed by atoms with Gasteiger partial charge < -0.3 is 10.8 Å². The lowest BCUT2D eigenvalue weighted by Crippen LogP contribution is -2.02. The Morgan fingerprint density at radius 2 is 1.78 bits per heavy atom. The summed E-state index contributed by atoms with van der Waals surface area (Å²) in [7, 11) is 0. The number of nitrogens with two attached hydrogens (primary N) is 1. The van der Waals surface area contributed by atoms with Crippen LogP contribution in [0.4, 0.5) is 0 Å². The van der Waals surface area contributed by atoms with Gasteiger partial charge in [-0.25, -0.2) is 0 Å². The molecule has 52 valence electrons. The van der Waals surface area contributed by atoms with Crippen LogP contribution in [0.1, 0.15) is 0 Å². The Morgan fingerprint density at radius 1 is 1.33 bits per heavy atom. The average Bonchev–Trinajstić information content (AvgIpc) is 2.43. The quantitative estimate of drug-likeness (QED) is 0.610. The van der Waals surface area contributed by atoms with E-state index < -0.39 is 0 Å². The fourth-order valence-corrected chi connectivity index (χ4v) is 0.680. The maximum absolute atomic E-state index is 7.75. The van der Waals surface area contributed by atoms with Gasteiger partial charge in [-0.1, -0.05) is 12.1 Å². The molecule has 0 saturated carbocycles. The molecule has 1 aromatic heterocycles. The molecule has 0 aliphatic rings. The summed E-state index contributed by atoms with van der Waals surface area (Å²) in [5.74, 6) is 0. The maximum atomic E-state index is 7.75. The van der Waals surface area contributed by atoms with Crippen molar-refractivity contribution in [2.24, 2.45) is 5.73 Å². The highest BCUT2D eigenvalue weighted by atomic mass is 32.1. The van der Waals surface area contributed by atoms with Gasteiger partial charge in [-0.2, -0.15) is 11.3 Å². The molecule has 2 nitrogen and oxygen atoms in total. The van der Waals surface area contributed by atoms with Crippen molar-refractivity contribution < 1.29 is 5.11 Å². The summed E-state index contributed by atoms with van der Waals surface area (Å²) < 4.78 is 0. The zero-order valence-electron chi connectivity index (χ0n) is 5.16. The molecule has 0 unspecified atom stereocenters. The number of thiophene rings is 1. The molecule has 0 aliphatic heterocycles. The summed E-state index contributed by atoms with van der Waals surface area (Å²) in [5, 5.41) is 11.8. The van der Waals surface area contributed by atoms with Crippen molar-refractivity contribution in [3.05, 3.63) is 22.9 Å². The number of aliphatic hydroxyl groups is 1. The maximum Gasteiger partial charge on any atom is 0.0553 e. The minimum Gasteiger partial charge on any atom is -0.395 e. The molecule has 0 aliphatic carbocycles. The highest BCUT2D eigenvalue weighted by molar-refractivity contribution is 7.07. The van der Waals surface area contributed by atoms with Crippen molar-refractivity contribution in [2.75, 3.05) is 13.2 Å². The van der Waals surface area contributed by atoms with E-state index in [1.807, 2.05) is 22.9 Å². The molecule has 1 heterocycles. The lowest BCUT2D eigenvalue weighted by Gasteiger charge is -1.71. The van der Waals surface area contributed by atoms with Crippen molar-refractivity contribution in [1.29, 1.82) is 0 Å². The van der Waals surface area contributed by atoms with Crippen molar-refractivity contribution in [3.63, 3.8) is 0 Å². The smallest absolute Gasteiger partial charge is 0.0553 e. The van der Waals surface area contributed by atoms with Gasteiger partial charge in [0.1, 0.15) is 0 Å². The van der Waals surface area contributed by atoms with E-state index in [9.17, 15) is 0 Å². The molecule has 0 fully saturated rings. The molecule has 1 rings (SSSR count). The largest absolute Gasteiger partial charge is 0.395 e. The average molecular weight is 145 g/mol. The SMILES string of the molecule is NCCO.c1ccsc1. The number of hydrogen-bond donors (Lipinski definition) is 2. The molecule has 0 amide bonds. The molecule has 9 heavy (non-hydrogen) atoms. The zero-order chi connectivity index (χ0) is 6.95. The molecular weight excluding hydrogens is 134 g/mol. The minimum atomic E-state index is 0.0972. The van der Waals surface area contributed by atoms with Crippen LogP contribution in [0, 0.1) is 0 Å². The van der Waals surface area contributed by atoms with Crippen molar-refractivity contribution in [1.82, 2.24) is 0 Å². The Bertz CT molecular complexity index is 88.6. The van der Waals surface area contributed by atoms with Gasteiger partial charge in [0.15, 0.2) is 0 Å². The Balaban J connectivity index is 0.000000148. The van der Waals surface area contributed by atoms with E-state index in [-0.39, 0.29) is 6.61 Å². The molecule has 0 atom stereocenters. The topological polar surface area (TPSA) is 46.2 Å². The van der Waals surface area contributed by atoms with Crippen LogP contribution >= 0.6 is 11.3 Å². The Morgan fingerprint density at radius 3 is 1.89 bits per heavy atom. The van der Waals surface area contributed by atoms with Crippen LogP contribution in [0.15, 0.2) is 22.9 Å². The third kappa shape index (κ3) is 7.62. The van der Waals surface area contributed by atoms with Gasteiger partial charge in [0, 0.05) is 6.54 Å². The first-order valence-corrected chi connectivity index (χ1v) is 3.64. The summed E-state index contributed by atoms with van der Waals surface area (Å²) in [6.45, 7) is 0.472. The first-order chi connectivity index (χ1) is 4.41. The molecule has 3 heteroatoms. The van der Waals surface area contributed by atoms with Crippen LogP contribution in [0.5, 0.6) is 0 Å². The second-order valence-corrected chi connectivity index (χ2v) is 2.12. The van der Waals surface area contributed by atoms with E-state index in [0.717, 1.165) is 0 Å². The normalized spacial score (nSPS) is 7.78. The summed E-state index contributed by atoms with van der Waals surface area (Å²) in [5.41, 5.74) is 4.78. The van der Waals surface area contributed by atoms with Gasteiger partial charge in [0.2, 0.25) is 0 Å². The minimum absolute atomic E-state index is 0.0972. The van der Waals surface area contributed by atoms with Crippen LogP contribution in [0.2, 0.25) is 0 Å². The first-order valence-electron chi connectivity index (χ1n) is 2.70. The van der Waals surface area contributed by atoms with E-state index in [1.165, 1.54) is 0 Å². The van der Waals surface area contributed by atoms with Gasteiger partial charge in [-0.3, -0.25) is 0 Å². The van der Waals surface area contributed by atoms with Crippen LogP contribution in [-0.4, -0.2) is 18.3 Å². The Kier molecular flexibility index (Phi) is 7.30. The lowest BCUT2D eigenvalue weighted by molar-refractivity contribution is 0.306. The monoisotopic (exact) mass is 145 g/mol. The van der Waals surface area contributed by atoms with Crippen LogP contribution < -0.4 is 5.73 Å². The zero-order valence-corrected chi connectivity index (χ0v) is 5.97. The highest BCUT2D eigenvalue weighted by Crippen LogP contribution is 1.91. The van der Waals surface area contributed by atoms with Crippen LogP contribution in [0.25, 0.3) is 0 Å². The number of hydrogen-bond acceptors (Lipinski definition) is 3. The van der Waals surface area contributed by atoms with E-state index in [2.05, 4.69) is 0 Å². The van der Waals surface area contributed by atoms with E-state index in [0.29, 0.717) is 6.54 Å². The second kappa shape index (κ2) is 7.62. The molecule has 1 aromatic rings. The lowest BCUT2D eigenvalue weighted by atomic mass is 10.7. The molecular formula is C6H11NOS.